The van der Waals surface area contributed by atoms with Crippen LogP contribution in [0, 0.1) is 0 Å². The third-order valence-corrected chi connectivity index (χ3v) is 12.2. The fourth-order valence-corrected chi connectivity index (χ4v) is 8.57. The van der Waals surface area contributed by atoms with E-state index in [4.69, 9.17) is 20.8 Å². The molecule has 0 fully saturated rings. The molecule has 5 aromatic carbocycles. The Morgan fingerprint density at radius 2 is 0.526 bits per heavy atom. The second kappa shape index (κ2) is 40.2. The number of nitrogens with one attached hydrogen (secondary N) is 2. The van der Waals surface area contributed by atoms with E-state index in [0.717, 1.165) is 34.2 Å². The fourth-order valence-electron chi connectivity index (χ4n) is 8.57. The van der Waals surface area contributed by atoms with E-state index in [1.165, 1.54) is 55.9 Å². The molecule has 0 bridgehead atoms. The van der Waals surface area contributed by atoms with Crippen LogP contribution in [0.1, 0.15) is 244 Å². The van der Waals surface area contributed by atoms with Gasteiger partial charge in [-0.25, -0.2) is 9.98 Å². The van der Waals surface area contributed by atoms with Crippen LogP contribution < -0.4 is 20.2 Å². The van der Waals surface area contributed by atoms with Crippen LogP contribution in [0.5, 0.6) is 0 Å². The number of rotatable bonds is 16. The molecule has 5 rings (SSSR count). The van der Waals surface area contributed by atoms with Crippen molar-refractivity contribution in [3.63, 3.8) is 0 Å². The van der Waals surface area contributed by atoms with E-state index in [1.54, 1.807) is 13.8 Å². The van der Waals surface area contributed by atoms with Gasteiger partial charge < -0.3 is 20.8 Å². The molecule has 406 valence electrons. The quantitative estimate of drug-likeness (QED) is 0.0759. The van der Waals surface area contributed by atoms with Gasteiger partial charge in [-0.05, 0) is 59.5 Å². The van der Waals surface area contributed by atoms with Gasteiger partial charge in [0.2, 0.25) is 11.4 Å². The van der Waals surface area contributed by atoms with Crippen LogP contribution in [-0.4, -0.2) is 100 Å². The second-order valence-electron chi connectivity index (χ2n) is 21.6. The number of allylic oxidation sites excluding steroid dienone is 4. The number of benzene rings is 5. The maximum absolute atomic E-state index is 8.93. The first-order valence-corrected chi connectivity index (χ1v) is 27.6. The first-order valence-electron chi connectivity index (χ1n) is 27.6. The predicted octanol–water partition coefficient (Wildman–Crippen LogP) is 15.6. The van der Waals surface area contributed by atoms with Crippen LogP contribution in [0.15, 0.2) is 133 Å². The zero-order valence-electron chi connectivity index (χ0n) is 51.7. The molecule has 0 saturated carbocycles. The third kappa shape index (κ3) is 26.3. The van der Waals surface area contributed by atoms with Gasteiger partial charge in [0.05, 0.1) is 0 Å². The van der Waals surface area contributed by atoms with E-state index in [0.29, 0.717) is 47.3 Å². The van der Waals surface area contributed by atoms with Gasteiger partial charge in [0.15, 0.2) is 11.4 Å². The largest absolute Gasteiger partial charge is 2.00 e. The van der Waals surface area contributed by atoms with Gasteiger partial charge in [-0.3, -0.25) is 0 Å². The Labute approximate surface area is 525 Å². The summed E-state index contributed by atoms with van der Waals surface area (Å²) < 4.78 is 0. The average molecular weight is 1090 g/mol. The molecule has 6 nitrogen and oxygen atoms in total. The minimum Gasteiger partial charge on any atom is -0.855 e. The van der Waals surface area contributed by atoms with Gasteiger partial charge in [-0.2, -0.15) is 11.4 Å². The monoisotopic (exact) mass is 1080 g/mol. The minimum absolute atomic E-state index is 0. The maximum Gasteiger partial charge on any atom is 2.00 e. The SMILES string of the molecule is CC(/C=C(/C)[N-]c1c(C(C)C)cccc1C(C)C)=[NH+]c1c(C(C)C)cccc1C(C)C.CC(/C=C(/C)[N-]c1c(C(C)C)cccc1C(C)C)=[NH+]c1c(C(C)C)cccc1C(C)C.CC[O-].CC[O-].[Ca+2].[Ca+2].c1ccccc1. The summed E-state index contributed by atoms with van der Waals surface area (Å²) in [5, 5.41) is 28.1. The zero-order valence-corrected chi connectivity index (χ0v) is 56.1. The Hall–Kier alpha value is -3.04. The summed E-state index contributed by atoms with van der Waals surface area (Å²) in [6, 6.07) is 38.5. The number of hydrogen-bond donors (Lipinski definition) is 2. The first kappa shape index (κ1) is 75.0. The predicted molar refractivity (Wildman–Crippen MR) is 334 cm³/mol. The molecule has 0 heterocycles. The van der Waals surface area contributed by atoms with E-state index in [-0.39, 0.29) is 88.7 Å². The topological polar surface area (TPSA) is 102 Å². The Kier molecular flexibility index (Phi) is 39.7. The van der Waals surface area contributed by atoms with Crippen molar-refractivity contribution in [1.29, 1.82) is 0 Å². The molecule has 0 aliphatic carbocycles. The van der Waals surface area contributed by atoms with Gasteiger partial charge >= 0.3 is 75.5 Å². The number of hydrogen-bond acceptors (Lipinski definition) is 2. The molecule has 0 aliphatic heterocycles. The van der Waals surface area contributed by atoms with Gasteiger partial charge in [0, 0.05) is 36.1 Å². The molecule has 76 heavy (non-hydrogen) atoms. The molecule has 5 aromatic rings. The van der Waals surface area contributed by atoms with Crippen LogP contribution in [-0.2, 0) is 0 Å². The van der Waals surface area contributed by atoms with Crippen molar-refractivity contribution in [2.75, 3.05) is 13.2 Å². The molecule has 0 amide bonds. The molecule has 0 aromatic heterocycles. The summed E-state index contributed by atoms with van der Waals surface area (Å²) >= 11 is 0. The van der Waals surface area contributed by atoms with Gasteiger partial charge in [0.1, 0.15) is 0 Å². The van der Waals surface area contributed by atoms with Crippen molar-refractivity contribution in [1.82, 2.24) is 0 Å². The van der Waals surface area contributed by atoms with Crippen LogP contribution in [0.4, 0.5) is 22.7 Å². The van der Waals surface area contributed by atoms with Crippen LogP contribution in [0.2, 0.25) is 0 Å². The molecule has 0 radical (unpaired) electrons. The van der Waals surface area contributed by atoms with E-state index < -0.39 is 0 Å². The number of nitrogens with zero attached hydrogens (tertiary/aromatic N) is 2. The Bertz CT molecular complexity index is 2220. The first-order chi connectivity index (χ1) is 34.9. The zero-order chi connectivity index (χ0) is 56.2. The van der Waals surface area contributed by atoms with Crippen molar-refractivity contribution in [3.8, 4) is 0 Å². The molecular formula is C68H100Ca2N4O2+2. The van der Waals surface area contributed by atoms with Crippen molar-refractivity contribution in [2.45, 2.75) is 200 Å². The summed E-state index contributed by atoms with van der Waals surface area (Å²) in [4.78, 5) is 7.43. The van der Waals surface area contributed by atoms with Gasteiger partial charge in [-0.1, -0.05) is 270 Å². The smallest absolute Gasteiger partial charge is 0.855 e. The molecule has 0 aliphatic rings. The molecule has 0 unspecified atom stereocenters. The molecule has 8 heteroatoms. The summed E-state index contributed by atoms with van der Waals surface area (Å²) in [6.07, 6.45) is 4.34. The standard InChI is InChI=1S/2C29H41N2.C6H6.2C2H5O.2Ca/c2*1-18(2)24-13-11-14-25(19(3)4)28(24)30-22(9)17-23(10)31-29-26(20(5)6)15-12-16-27(29)21(7)8;1-2-4-6-5-3-1;2*1-2-3;;/h2*11-21H,1-10H3;1-6H;2*2H2,1H3;;/q2*-1;;2*-1;2*+2/p+2/b2*22-17-,31-23?;;;;;. The summed E-state index contributed by atoms with van der Waals surface area (Å²) in [5.41, 5.74) is 19.8. The summed E-state index contributed by atoms with van der Waals surface area (Å²) in [7, 11) is 0. The Balaban J connectivity index is 0. The van der Waals surface area contributed by atoms with E-state index >= 15 is 0 Å². The second-order valence-corrected chi connectivity index (χ2v) is 21.6. The number of para-hydroxylation sites is 4. The normalized spacial score (nSPS) is 11.8. The van der Waals surface area contributed by atoms with E-state index in [9.17, 15) is 0 Å². The average Bonchev–Trinajstić information content (AvgIpc) is 3.32. The van der Waals surface area contributed by atoms with Gasteiger partial charge in [0.25, 0.3) is 0 Å². The summed E-state index contributed by atoms with van der Waals surface area (Å²) in [5.74, 6) is 3.65. The van der Waals surface area contributed by atoms with Crippen molar-refractivity contribution < 1.29 is 20.2 Å². The Morgan fingerprint density at radius 1 is 0.355 bits per heavy atom. The van der Waals surface area contributed by atoms with Crippen LogP contribution >= 0.6 is 0 Å². The molecular weight excluding hydrogens is 985 g/mol. The van der Waals surface area contributed by atoms with E-state index in [2.05, 4.69) is 233 Å². The van der Waals surface area contributed by atoms with Gasteiger partial charge in [-0.15, -0.1) is 24.6 Å². The van der Waals surface area contributed by atoms with E-state index in [1.807, 2.05) is 36.4 Å². The van der Waals surface area contributed by atoms with Crippen molar-refractivity contribution in [2.24, 2.45) is 0 Å². The molecule has 0 spiro atoms. The third-order valence-electron chi connectivity index (χ3n) is 12.2. The Morgan fingerprint density at radius 3 is 0.697 bits per heavy atom. The fraction of sp³-hybridized carbons (Fsp3) is 0.471. The summed E-state index contributed by atoms with van der Waals surface area (Å²) in [6.45, 7) is 47.6. The van der Waals surface area contributed by atoms with Crippen molar-refractivity contribution >= 4 is 110 Å². The minimum atomic E-state index is 0. The molecule has 2 N–H and O–H groups in total. The molecule has 0 saturated heterocycles. The van der Waals surface area contributed by atoms with Crippen molar-refractivity contribution in [3.05, 3.63) is 188 Å². The van der Waals surface area contributed by atoms with Crippen LogP contribution in [0.25, 0.3) is 10.6 Å². The molecule has 0 atom stereocenters. The van der Waals surface area contributed by atoms with Crippen LogP contribution in [0.3, 0.4) is 0 Å². The maximum atomic E-state index is 8.93.